The van der Waals surface area contributed by atoms with Crippen LogP contribution in [0, 0.1) is 5.33 Å². The minimum atomic E-state index is -0.331. The lowest BCUT2D eigenvalue weighted by molar-refractivity contribution is -0.137. The summed E-state index contributed by atoms with van der Waals surface area (Å²) in [5.41, 5.74) is 0. The van der Waals surface area contributed by atoms with Gasteiger partial charge in [-0.2, -0.15) is 0 Å². The van der Waals surface area contributed by atoms with Gasteiger partial charge in [-0.25, -0.2) is 0 Å². The summed E-state index contributed by atoms with van der Waals surface area (Å²) in [5.74, 6) is -0.331. The van der Waals surface area contributed by atoms with Crippen LogP contribution in [0.25, 0.3) is 0 Å². The third-order valence-electron chi connectivity index (χ3n) is 0.376. The third kappa shape index (κ3) is 3.79. The molecule has 1 radical (unpaired) electrons. The van der Waals surface area contributed by atoms with E-state index in [1.165, 1.54) is 5.33 Å². The summed E-state index contributed by atoms with van der Waals surface area (Å²) in [5, 5.41) is 1.20. The molecule has 0 heterocycles. The number of halogens is 1. The summed E-state index contributed by atoms with van der Waals surface area (Å²) in [6.45, 7) is 2.19. The zero-order valence-corrected chi connectivity index (χ0v) is 5.56. The molecule has 0 rings (SSSR count). The Bertz CT molecular complexity index is 62.7. The van der Waals surface area contributed by atoms with Crippen LogP contribution in [0.4, 0.5) is 0 Å². The molecule has 0 unspecified atom stereocenters. The zero-order chi connectivity index (χ0) is 5.70. The van der Waals surface area contributed by atoms with Crippen molar-refractivity contribution in [1.29, 1.82) is 0 Å². The summed E-state index contributed by atoms with van der Waals surface area (Å²) in [4.78, 5) is 10.1. The van der Waals surface area contributed by atoms with Crippen molar-refractivity contribution in [1.82, 2.24) is 0 Å². The van der Waals surface area contributed by atoms with Crippen LogP contribution in [0.5, 0.6) is 0 Å². The van der Waals surface area contributed by atoms with Crippen LogP contribution >= 0.6 is 15.9 Å². The Morgan fingerprint density at radius 2 is 2.57 bits per heavy atom. The maximum absolute atomic E-state index is 10.1. The van der Waals surface area contributed by atoms with E-state index >= 15 is 0 Å². The van der Waals surface area contributed by atoms with Gasteiger partial charge in [-0.3, -0.25) is 4.79 Å². The van der Waals surface area contributed by atoms with Crippen LogP contribution in [0.3, 0.4) is 0 Å². The van der Waals surface area contributed by atoms with Gasteiger partial charge in [-0.1, -0.05) is 15.9 Å². The fraction of sp³-hybridized carbons (Fsp3) is 0.500. The lowest BCUT2D eigenvalue weighted by Gasteiger charge is -1.92. The molecule has 0 aromatic rings. The average Bonchev–Trinajstić information content (AvgIpc) is 1.68. The second-order valence-electron chi connectivity index (χ2n) is 0.861. The van der Waals surface area contributed by atoms with Crippen molar-refractivity contribution < 1.29 is 9.53 Å². The average molecular weight is 166 g/mol. The monoisotopic (exact) mass is 165 g/mol. The van der Waals surface area contributed by atoms with Gasteiger partial charge < -0.3 is 4.74 Å². The van der Waals surface area contributed by atoms with E-state index < -0.39 is 0 Å². The second-order valence-corrected chi connectivity index (χ2v) is 1.32. The molecule has 0 atom stereocenters. The van der Waals surface area contributed by atoms with Crippen molar-refractivity contribution in [3.63, 3.8) is 0 Å². The van der Waals surface area contributed by atoms with Gasteiger partial charge in [0.05, 0.1) is 6.61 Å². The third-order valence-corrected chi connectivity index (χ3v) is 0.750. The largest absolute Gasteiger partial charge is 0.465 e. The molecule has 3 heteroatoms. The lowest BCUT2D eigenvalue weighted by Crippen LogP contribution is -1.99. The van der Waals surface area contributed by atoms with Crippen LogP contribution in [0.1, 0.15) is 6.92 Å². The molecular formula is C4H6BrO2. The number of rotatable bonds is 2. The van der Waals surface area contributed by atoms with Crippen LogP contribution in [-0.2, 0) is 9.53 Å². The summed E-state index contributed by atoms with van der Waals surface area (Å²) < 4.78 is 4.45. The highest BCUT2D eigenvalue weighted by Gasteiger charge is 1.93. The first-order valence-electron chi connectivity index (χ1n) is 1.91. The van der Waals surface area contributed by atoms with Crippen LogP contribution < -0.4 is 0 Å². The van der Waals surface area contributed by atoms with Crippen molar-refractivity contribution in [2.75, 3.05) is 6.61 Å². The van der Waals surface area contributed by atoms with Gasteiger partial charge in [-0.05, 0) is 6.92 Å². The normalized spacial score (nSPS) is 8.29. The maximum atomic E-state index is 10.1. The van der Waals surface area contributed by atoms with E-state index in [2.05, 4.69) is 20.7 Å². The number of carbonyl (C=O) groups is 1. The van der Waals surface area contributed by atoms with E-state index in [1.54, 1.807) is 6.92 Å². The Hall–Kier alpha value is -0.0500. The molecule has 2 nitrogen and oxygen atoms in total. The van der Waals surface area contributed by atoms with Gasteiger partial charge in [0.2, 0.25) is 0 Å². The van der Waals surface area contributed by atoms with E-state index in [1.807, 2.05) is 0 Å². The Balaban J connectivity index is 3.00. The van der Waals surface area contributed by atoms with E-state index in [9.17, 15) is 4.79 Å². The molecule has 0 saturated heterocycles. The number of hydrogen-bond acceptors (Lipinski definition) is 2. The molecule has 0 spiro atoms. The molecule has 0 bridgehead atoms. The van der Waals surface area contributed by atoms with Crippen molar-refractivity contribution in [2.24, 2.45) is 0 Å². The van der Waals surface area contributed by atoms with E-state index in [0.29, 0.717) is 6.61 Å². The smallest absolute Gasteiger partial charge is 0.321 e. The fourth-order valence-corrected chi connectivity index (χ4v) is 0.306. The zero-order valence-electron chi connectivity index (χ0n) is 3.98. The van der Waals surface area contributed by atoms with Gasteiger partial charge in [0.15, 0.2) is 0 Å². The number of carbonyl (C=O) groups excluding carboxylic acids is 1. The van der Waals surface area contributed by atoms with Crippen LogP contribution in [0.2, 0.25) is 0 Å². The van der Waals surface area contributed by atoms with Gasteiger partial charge in [-0.15, -0.1) is 0 Å². The first-order valence-corrected chi connectivity index (χ1v) is 2.83. The summed E-state index contributed by atoms with van der Waals surface area (Å²) in [7, 11) is 0. The number of esters is 1. The number of ether oxygens (including phenoxy) is 1. The Kier molecular flexibility index (Phi) is 4.09. The Morgan fingerprint density at radius 3 is 2.71 bits per heavy atom. The van der Waals surface area contributed by atoms with Gasteiger partial charge in [0.1, 0.15) is 5.33 Å². The molecule has 41 valence electrons. The van der Waals surface area contributed by atoms with Crippen molar-refractivity contribution in [3.05, 3.63) is 5.33 Å². The van der Waals surface area contributed by atoms with Crippen molar-refractivity contribution in [2.45, 2.75) is 6.92 Å². The van der Waals surface area contributed by atoms with Gasteiger partial charge in [0, 0.05) is 0 Å². The molecule has 0 amide bonds. The molecule has 0 aliphatic carbocycles. The maximum Gasteiger partial charge on any atom is 0.321 e. The molecule has 7 heavy (non-hydrogen) atoms. The van der Waals surface area contributed by atoms with Crippen LogP contribution in [-0.4, -0.2) is 12.6 Å². The van der Waals surface area contributed by atoms with E-state index in [-0.39, 0.29) is 5.97 Å². The summed E-state index contributed by atoms with van der Waals surface area (Å²) >= 11 is 2.82. The lowest BCUT2D eigenvalue weighted by atomic mass is 10.8. The molecule has 0 saturated carbocycles. The van der Waals surface area contributed by atoms with Gasteiger partial charge in [0.25, 0.3) is 0 Å². The molecule has 0 aliphatic rings. The molecule has 0 aliphatic heterocycles. The highest BCUT2D eigenvalue weighted by Crippen LogP contribution is 1.90. The molecular weight excluding hydrogens is 160 g/mol. The predicted octanol–water partition coefficient (Wildman–Crippen LogP) is 1.11. The Labute approximate surface area is 51.0 Å². The quantitative estimate of drug-likeness (QED) is 0.574. The van der Waals surface area contributed by atoms with Crippen molar-refractivity contribution in [3.8, 4) is 0 Å². The van der Waals surface area contributed by atoms with Crippen molar-refractivity contribution >= 4 is 21.9 Å². The SMILES string of the molecule is CCOC(=O)[CH]Br. The molecule has 0 fully saturated rings. The highest BCUT2D eigenvalue weighted by atomic mass is 79.9. The summed E-state index contributed by atoms with van der Waals surface area (Å²) in [6.07, 6.45) is 0. The molecule has 0 aromatic carbocycles. The van der Waals surface area contributed by atoms with Gasteiger partial charge >= 0.3 is 5.97 Å². The standard InChI is InChI=1S/C4H6BrO2/c1-2-7-4(6)3-5/h3H,2H2,1H3. The first kappa shape index (κ1) is 6.95. The number of hydrogen-bond donors (Lipinski definition) is 0. The van der Waals surface area contributed by atoms with E-state index in [0.717, 1.165) is 0 Å². The highest BCUT2D eigenvalue weighted by molar-refractivity contribution is 9.11. The minimum absolute atomic E-state index is 0.331. The molecule has 0 aromatic heterocycles. The second kappa shape index (κ2) is 4.12. The predicted molar refractivity (Wildman–Crippen MR) is 29.9 cm³/mol. The minimum Gasteiger partial charge on any atom is -0.465 e. The fourth-order valence-electron chi connectivity index (χ4n) is 0.174. The molecule has 0 N–H and O–H groups in total. The van der Waals surface area contributed by atoms with Crippen LogP contribution in [0.15, 0.2) is 0 Å². The summed E-state index contributed by atoms with van der Waals surface area (Å²) in [6, 6.07) is 0. The Morgan fingerprint density at radius 1 is 2.00 bits per heavy atom. The van der Waals surface area contributed by atoms with E-state index in [4.69, 9.17) is 0 Å². The topological polar surface area (TPSA) is 26.3 Å². The first-order chi connectivity index (χ1) is 3.31.